The van der Waals surface area contributed by atoms with E-state index in [2.05, 4.69) is 30.1 Å². The van der Waals surface area contributed by atoms with Crippen molar-refractivity contribution in [2.24, 2.45) is 0 Å². The van der Waals surface area contributed by atoms with E-state index in [4.69, 9.17) is 11.6 Å². The van der Waals surface area contributed by atoms with Crippen LogP contribution < -0.4 is 0 Å². The first-order valence-electron chi connectivity index (χ1n) is 6.13. The van der Waals surface area contributed by atoms with E-state index in [0.29, 0.717) is 18.7 Å². The Bertz CT molecular complexity index is 654. The second-order valence-electron chi connectivity index (χ2n) is 4.78. The van der Waals surface area contributed by atoms with Crippen molar-refractivity contribution in [3.05, 3.63) is 63.9 Å². The van der Waals surface area contributed by atoms with Crippen molar-refractivity contribution in [1.82, 2.24) is 9.88 Å². The van der Waals surface area contributed by atoms with Gasteiger partial charge in [-0.2, -0.15) is 0 Å². The molecule has 0 fully saturated rings. The number of hydrogen-bond acceptors (Lipinski definition) is 2. The third kappa shape index (κ3) is 2.22. The van der Waals surface area contributed by atoms with Crippen LogP contribution in [-0.2, 0) is 13.1 Å². The van der Waals surface area contributed by atoms with E-state index < -0.39 is 0 Å². The van der Waals surface area contributed by atoms with Crippen LogP contribution in [0.4, 0.5) is 0 Å². The van der Waals surface area contributed by atoms with Gasteiger partial charge in [-0.3, -0.25) is 4.79 Å². The van der Waals surface area contributed by atoms with Crippen molar-refractivity contribution in [2.75, 3.05) is 0 Å². The van der Waals surface area contributed by atoms with Crippen LogP contribution in [0.25, 0.3) is 0 Å². The summed E-state index contributed by atoms with van der Waals surface area (Å²) in [4.78, 5) is 18.2. The van der Waals surface area contributed by atoms with Crippen LogP contribution in [0, 0.1) is 6.92 Å². The first-order chi connectivity index (χ1) is 9.15. The summed E-state index contributed by atoms with van der Waals surface area (Å²) in [5.41, 5.74) is 4.11. The normalized spacial score (nSPS) is 13.5. The van der Waals surface area contributed by atoms with E-state index in [1.165, 1.54) is 16.7 Å². The van der Waals surface area contributed by atoms with E-state index in [9.17, 15) is 4.79 Å². The minimum atomic E-state index is -0.0630. The van der Waals surface area contributed by atoms with Gasteiger partial charge in [0.25, 0.3) is 5.91 Å². The van der Waals surface area contributed by atoms with Crippen LogP contribution in [0.3, 0.4) is 0 Å². The molecule has 0 radical (unpaired) electrons. The summed E-state index contributed by atoms with van der Waals surface area (Å²) in [5.74, 6) is -0.0630. The maximum atomic E-state index is 12.4. The Balaban J connectivity index is 1.87. The van der Waals surface area contributed by atoms with Crippen molar-refractivity contribution in [3.8, 4) is 0 Å². The number of hydrogen-bond donors (Lipinski definition) is 0. The zero-order chi connectivity index (χ0) is 13.4. The van der Waals surface area contributed by atoms with Crippen LogP contribution >= 0.6 is 11.6 Å². The molecule has 0 bridgehead atoms. The number of aromatic nitrogens is 1. The lowest BCUT2D eigenvalue weighted by atomic mass is 10.1. The summed E-state index contributed by atoms with van der Waals surface area (Å²) in [6, 6.07) is 9.73. The number of amides is 1. The van der Waals surface area contributed by atoms with Crippen molar-refractivity contribution < 1.29 is 4.79 Å². The molecule has 1 amide bonds. The summed E-state index contributed by atoms with van der Waals surface area (Å²) in [6.07, 6.45) is 1.58. The van der Waals surface area contributed by atoms with E-state index >= 15 is 0 Å². The van der Waals surface area contributed by atoms with Gasteiger partial charge >= 0.3 is 0 Å². The smallest absolute Gasteiger partial charge is 0.257 e. The second kappa shape index (κ2) is 4.67. The highest BCUT2D eigenvalue weighted by molar-refractivity contribution is 6.32. The maximum absolute atomic E-state index is 12.4. The Morgan fingerprint density at radius 3 is 2.84 bits per heavy atom. The molecule has 0 aliphatic carbocycles. The number of pyridine rings is 1. The average molecular weight is 273 g/mol. The molecule has 1 aliphatic rings. The molecule has 0 unspecified atom stereocenters. The molecule has 1 aromatic carbocycles. The Labute approximate surface area is 116 Å². The summed E-state index contributed by atoms with van der Waals surface area (Å²) >= 11 is 5.98. The van der Waals surface area contributed by atoms with Crippen molar-refractivity contribution in [1.29, 1.82) is 0 Å². The molecule has 2 aromatic rings. The third-order valence-corrected chi connectivity index (χ3v) is 3.66. The number of fused-ring (bicyclic) bond motifs is 1. The molecule has 0 N–H and O–H groups in total. The summed E-state index contributed by atoms with van der Waals surface area (Å²) in [7, 11) is 0. The Hall–Kier alpha value is -1.87. The van der Waals surface area contributed by atoms with Crippen LogP contribution in [0.5, 0.6) is 0 Å². The molecule has 2 heterocycles. The van der Waals surface area contributed by atoms with Gasteiger partial charge in [0.15, 0.2) is 0 Å². The minimum absolute atomic E-state index is 0.0630. The van der Waals surface area contributed by atoms with Crippen molar-refractivity contribution >= 4 is 17.5 Å². The van der Waals surface area contributed by atoms with Gasteiger partial charge in [-0.25, -0.2) is 4.98 Å². The fraction of sp³-hybridized carbons (Fsp3) is 0.200. The minimum Gasteiger partial charge on any atom is -0.330 e. The number of nitrogens with zero attached hydrogens (tertiary/aromatic N) is 2. The van der Waals surface area contributed by atoms with Gasteiger partial charge in [0.1, 0.15) is 5.15 Å². The van der Waals surface area contributed by atoms with Gasteiger partial charge < -0.3 is 4.90 Å². The lowest BCUT2D eigenvalue weighted by Gasteiger charge is -2.15. The second-order valence-corrected chi connectivity index (χ2v) is 5.13. The molecule has 0 saturated heterocycles. The number of rotatable bonds is 1. The van der Waals surface area contributed by atoms with Crippen LogP contribution in [-0.4, -0.2) is 15.8 Å². The van der Waals surface area contributed by atoms with Gasteiger partial charge in [-0.15, -0.1) is 0 Å². The van der Waals surface area contributed by atoms with E-state index in [0.717, 1.165) is 0 Å². The predicted molar refractivity (Wildman–Crippen MR) is 74.0 cm³/mol. The zero-order valence-electron chi connectivity index (χ0n) is 10.6. The molecule has 1 aliphatic heterocycles. The fourth-order valence-corrected chi connectivity index (χ4v) is 2.58. The van der Waals surface area contributed by atoms with Crippen LogP contribution in [0.2, 0.25) is 5.15 Å². The van der Waals surface area contributed by atoms with Crippen molar-refractivity contribution in [3.63, 3.8) is 0 Å². The standard InChI is InChI=1S/C15H13ClN2O/c1-10-4-5-11-8-18(9-12(11)7-10)15(19)13-3-2-6-17-14(13)16/h2-7H,8-9H2,1H3. The molecule has 0 spiro atoms. The summed E-state index contributed by atoms with van der Waals surface area (Å²) in [5, 5.41) is 0.264. The highest BCUT2D eigenvalue weighted by Gasteiger charge is 2.25. The first-order valence-corrected chi connectivity index (χ1v) is 6.51. The lowest BCUT2D eigenvalue weighted by Crippen LogP contribution is -2.25. The molecule has 1 aromatic heterocycles. The molecule has 96 valence electrons. The molecule has 4 heteroatoms. The van der Waals surface area contributed by atoms with Gasteiger partial charge in [-0.1, -0.05) is 35.4 Å². The Kier molecular flexibility index (Phi) is 2.99. The molecular formula is C15H13ClN2O. The zero-order valence-corrected chi connectivity index (χ0v) is 11.3. The maximum Gasteiger partial charge on any atom is 0.257 e. The third-order valence-electron chi connectivity index (χ3n) is 3.36. The largest absolute Gasteiger partial charge is 0.330 e. The van der Waals surface area contributed by atoms with Crippen molar-refractivity contribution in [2.45, 2.75) is 20.0 Å². The quantitative estimate of drug-likeness (QED) is 0.747. The Morgan fingerprint density at radius 2 is 2.05 bits per heavy atom. The van der Waals surface area contributed by atoms with E-state index in [-0.39, 0.29) is 11.1 Å². The van der Waals surface area contributed by atoms with E-state index in [1.54, 1.807) is 23.2 Å². The highest BCUT2D eigenvalue weighted by atomic mass is 35.5. The number of carbonyl (C=O) groups is 1. The van der Waals surface area contributed by atoms with Crippen LogP contribution in [0.1, 0.15) is 27.0 Å². The molecular weight excluding hydrogens is 260 g/mol. The van der Waals surface area contributed by atoms with Gasteiger partial charge in [0, 0.05) is 19.3 Å². The van der Waals surface area contributed by atoms with Gasteiger partial charge in [-0.05, 0) is 30.2 Å². The number of halogens is 1. The average Bonchev–Trinajstić information content (AvgIpc) is 2.81. The molecule has 3 rings (SSSR count). The number of aryl methyl sites for hydroxylation is 1. The predicted octanol–water partition coefficient (Wildman–Crippen LogP) is 3.20. The number of benzene rings is 1. The summed E-state index contributed by atoms with van der Waals surface area (Å²) < 4.78 is 0. The SMILES string of the molecule is Cc1ccc2c(c1)CN(C(=O)c1cccnc1Cl)C2. The van der Waals surface area contributed by atoms with E-state index in [1.807, 2.05) is 0 Å². The molecule has 3 nitrogen and oxygen atoms in total. The molecule has 0 atom stereocenters. The number of carbonyl (C=O) groups excluding carboxylic acids is 1. The Morgan fingerprint density at radius 1 is 1.26 bits per heavy atom. The fourth-order valence-electron chi connectivity index (χ4n) is 2.38. The first kappa shape index (κ1) is 12.2. The van der Waals surface area contributed by atoms with Crippen LogP contribution in [0.15, 0.2) is 36.5 Å². The highest BCUT2D eigenvalue weighted by Crippen LogP contribution is 2.26. The summed E-state index contributed by atoms with van der Waals surface area (Å²) in [6.45, 7) is 3.34. The topological polar surface area (TPSA) is 33.2 Å². The van der Waals surface area contributed by atoms with Gasteiger partial charge in [0.05, 0.1) is 5.56 Å². The lowest BCUT2D eigenvalue weighted by molar-refractivity contribution is 0.0751. The van der Waals surface area contributed by atoms with Gasteiger partial charge in [0.2, 0.25) is 0 Å². The monoisotopic (exact) mass is 272 g/mol. The molecule has 19 heavy (non-hydrogen) atoms. The molecule has 0 saturated carbocycles.